The summed E-state index contributed by atoms with van der Waals surface area (Å²) in [5.41, 5.74) is 1.10. The van der Waals surface area contributed by atoms with Gasteiger partial charge in [0.2, 0.25) is 5.91 Å². The van der Waals surface area contributed by atoms with Crippen molar-refractivity contribution >= 4 is 48.9 Å². The molecule has 1 amide bonds. The predicted molar refractivity (Wildman–Crippen MR) is 105 cm³/mol. The van der Waals surface area contributed by atoms with Gasteiger partial charge in [-0.3, -0.25) is 9.52 Å². The quantitative estimate of drug-likeness (QED) is 0.746. The van der Waals surface area contributed by atoms with E-state index in [0.717, 1.165) is 4.47 Å². The number of hydrogen-bond acceptors (Lipinski definition) is 5. The van der Waals surface area contributed by atoms with Crippen LogP contribution < -0.4 is 4.72 Å². The zero-order chi connectivity index (χ0) is 18.7. The van der Waals surface area contributed by atoms with Gasteiger partial charge in [-0.15, -0.1) is 11.3 Å². The number of halogens is 1. The minimum absolute atomic E-state index is 0.0176. The number of aryl methyl sites for hydroxylation is 1. The third-order valence-corrected chi connectivity index (χ3v) is 7.03. The first-order valence-corrected chi connectivity index (χ1v) is 11.2. The minimum atomic E-state index is -3.72. The van der Waals surface area contributed by atoms with Crippen molar-refractivity contribution in [3.05, 3.63) is 44.6 Å². The second-order valence-electron chi connectivity index (χ2n) is 5.94. The summed E-state index contributed by atoms with van der Waals surface area (Å²) < 4.78 is 34.2. The maximum atomic E-state index is 12.7. The molecule has 1 fully saturated rings. The number of carbonyl (C=O) groups excluding carboxylic acids is 1. The van der Waals surface area contributed by atoms with Gasteiger partial charge in [0.1, 0.15) is 0 Å². The summed E-state index contributed by atoms with van der Waals surface area (Å²) in [4.78, 5) is 15.1. The van der Waals surface area contributed by atoms with Crippen LogP contribution in [0.4, 0.5) is 5.69 Å². The van der Waals surface area contributed by atoms with Gasteiger partial charge in [0.15, 0.2) is 0 Å². The van der Waals surface area contributed by atoms with Gasteiger partial charge >= 0.3 is 0 Å². The third kappa shape index (κ3) is 4.46. The van der Waals surface area contributed by atoms with Gasteiger partial charge in [-0.25, -0.2) is 8.42 Å². The molecule has 1 saturated heterocycles. The average Bonchev–Trinajstić information content (AvgIpc) is 3.01. The number of thiophene rings is 1. The van der Waals surface area contributed by atoms with E-state index in [1.807, 2.05) is 0 Å². The first-order valence-electron chi connectivity index (χ1n) is 8.08. The first kappa shape index (κ1) is 19.3. The third-order valence-electron chi connectivity index (χ3n) is 4.09. The van der Waals surface area contributed by atoms with Crippen molar-refractivity contribution in [3.63, 3.8) is 0 Å². The molecule has 0 saturated carbocycles. The van der Waals surface area contributed by atoms with Crippen molar-refractivity contribution in [1.82, 2.24) is 4.90 Å². The summed E-state index contributed by atoms with van der Waals surface area (Å²) in [6.07, 6.45) is 0.175. The molecule has 0 unspecified atom stereocenters. The Morgan fingerprint density at radius 2 is 2.04 bits per heavy atom. The Morgan fingerprint density at radius 3 is 2.73 bits per heavy atom. The van der Waals surface area contributed by atoms with Crippen molar-refractivity contribution in [2.45, 2.75) is 18.2 Å². The second kappa shape index (κ2) is 8.08. The van der Waals surface area contributed by atoms with E-state index in [4.69, 9.17) is 4.74 Å². The van der Waals surface area contributed by atoms with Crippen molar-refractivity contribution in [1.29, 1.82) is 0 Å². The van der Waals surface area contributed by atoms with E-state index in [1.54, 1.807) is 41.5 Å². The van der Waals surface area contributed by atoms with Gasteiger partial charge in [-0.1, -0.05) is 15.9 Å². The molecule has 2 heterocycles. The van der Waals surface area contributed by atoms with E-state index in [9.17, 15) is 13.2 Å². The highest BCUT2D eigenvalue weighted by atomic mass is 79.9. The zero-order valence-electron chi connectivity index (χ0n) is 14.2. The lowest BCUT2D eigenvalue weighted by Crippen LogP contribution is -2.41. The van der Waals surface area contributed by atoms with Crippen molar-refractivity contribution in [3.8, 4) is 0 Å². The van der Waals surface area contributed by atoms with Crippen LogP contribution in [0.25, 0.3) is 0 Å². The normalized spacial score (nSPS) is 15.1. The minimum Gasteiger partial charge on any atom is -0.378 e. The molecule has 26 heavy (non-hydrogen) atoms. The molecule has 6 nitrogen and oxygen atoms in total. The molecule has 0 radical (unpaired) electrons. The number of carbonyl (C=O) groups is 1. The fraction of sp³-hybridized carbons (Fsp3) is 0.353. The maximum Gasteiger partial charge on any atom is 0.262 e. The number of ether oxygens (including phenoxy) is 1. The Labute approximate surface area is 165 Å². The molecular formula is C17H19BrN2O4S2. The van der Waals surface area contributed by atoms with Crippen LogP contribution >= 0.6 is 27.3 Å². The average molecular weight is 459 g/mol. The summed E-state index contributed by atoms with van der Waals surface area (Å²) in [5.74, 6) is -0.0176. The fourth-order valence-corrected chi connectivity index (χ4v) is 5.43. The lowest BCUT2D eigenvalue weighted by Gasteiger charge is -2.26. The largest absolute Gasteiger partial charge is 0.378 e. The topological polar surface area (TPSA) is 75.7 Å². The summed E-state index contributed by atoms with van der Waals surface area (Å²) in [6, 6.07) is 6.70. The molecular weight excluding hydrogens is 440 g/mol. The van der Waals surface area contributed by atoms with Crippen LogP contribution in [0.2, 0.25) is 0 Å². The Kier molecular flexibility index (Phi) is 6.01. The van der Waals surface area contributed by atoms with Crippen LogP contribution in [-0.2, 0) is 26.0 Å². The van der Waals surface area contributed by atoms with Crippen molar-refractivity contribution < 1.29 is 17.9 Å². The fourth-order valence-electron chi connectivity index (χ4n) is 2.74. The number of morpholine rings is 1. The molecule has 1 aliphatic heterocycles. The zero-order valence-corrected chi connectivity index (χ0v) is 17.4. The molecule has 1 N–H and O–H groups in total. The SMILES string of the molecule is Cc1cc(Br)ccc1S(=O)(=O)Nc1ccsc1CC(=O)N1CCOCC1. The summed E-state index contributed by atoms with van der Waals surface area (Å²) >= 11 is 4.71. The van der Waals surface area contributed by atoms with Gasteiger partial charge in [-0.2, -0.15) is 0 Å². The molecule has 0 bridgehead atoms. The van der Waals surface area contributed by atoms with E-state index in [0.29, 0.717) is 42.4 Å². The molecule has 0 aliphatic carbocycles. The first-order chi connectivity index (χ1) is 12.4. The smallest absolute Gasteiger partial charge is 0.262 e. The monoisotopic (exact) mass is 458 g/mol. The maximum absolute atomic E-state index is 12.7. The van der Waals surface area contributed by atoms with Gasteiger partial charge in [0, 0.05) is 22.4 Å². The molecule has 3 rings (SSSR count). The Bertz CT molecular complexity index is 905. The molecule has 0 atom stereocenters. The number of nitrogens with one attached hydrogen (secondary N) is 1. The number of sulfonamides is 1. The van der Waals surface area contributed by atoms with Crippen LogP contribution in [0.5, 0.6) is 0 Å². The molecule has 2 aromatic rings. The van der Waals surface area contributed by atoms with Crippen LogP contribution in [0.1, 0.15) is 10.4 Å². The predicted octanol–water partition coefficient (Wildman–Crippen LogP) is 3.02. The number of amides is 1. The summed E-state index contributed by atoms with van der Waals surface area (Å²) in [5, 5.41) is 1.79. The molecule has 140 valence electrons. The lowest BCUT2D eigenvalue weighted by atomic mass is 10.2. The number of rotatable bonds is 5. The standard InChI is InChI=1S/C17H19BrN2O4S2/c1-12-10-13(18)2-3-16(12)26(22,23)19-14-4-9-25-15(14)11-17(21)20-5-7-24-8-6-20/h2-4,9-10,19H,5-8,11H2,1H3. The second-order valence-corrected chi connectivity index (χ2v) is 9.51. The van der Waals surface area contributed by atoms with Crippen LogP contribution in [0.3, 0.4) is 0 Å². The van der Waals surface area contributed by atoms with Crippen molar-refractivity contribution in [2.24, 2.45) is 0 Å². The Morgan fingerprint density at radius 1 is 1.31 bits per heavy atom. The molecule has 0 spiro atoms. The van der Waals surface area contributed by atoms with Gasteiger partial charge < -0.3 is 9.64 Å². The molecule has 1 aromatic heterocycles. The number of benzene rings is 1. The highest BCUT2D eigenvalue weighted by Crippen LogP contribution is 2.28. The number of nitrogens with zero attached hydrogens (tertiary/aromatic N) is 1. The van der Waals surface area contributed by atoms with E-state index in [1.165, 1.54) is 11.3 Å². The van der Waals surface area contributed by atoms with Crippen molar-refractivity contribution in [2.75, 3.05) is 31.0 Å². The van der Waals surface area contributed by atoms with E-state index in [2.05, 4.69) is 20.7 Å². The van der Waals surface area contributed by atoms with Crippen LogP contribution in [0, 0.1) is 6.92 Å². The van der Waals surface area contributed by atoms with Gasteiger partial charge in [0.05, 0.1) is 30.2 Å². The van der Waals surface area contributed by atoms with E-state index in [-0.39, 0.29) is 17.2 Å². The van der Waals surface area contributed by atoms with Crippen LogP contribution in [0.15, 0.2) is 39.0 Å². The van der Waals surface area contributed by atoms with Crippen LogP contribution in [-0.4, -0.2) is 45.5 Å². The Balaban J connectivity index is 1.76. The molecule has 1 aromatic carbocycles. The number of hydrogen-bond donors (Lipinski definition) is 1. The van der Waals surface area contributed by atoms with E-state index >= 15 is 0 Å². The lowest BCUT2D eigenvalue weighted by molar-refractivity contribution is -0.134. The summed E-state index contributed by atoms with van der Waals surface area (Å²) in [7, 11) is -3.72. The van der Waals surface area contributed by atoms with Gasteiger partial charge in [-0.05, 0) is 42.1 Å². The highest BCUT2D eigenvalue weighted by Gasteiger charge is 2.22. The Hall–Kier alpha value is -1.42. The highest BCUT2D eigenvalue weighted by molar-refractivity contribution is 9.10. The number of anilines is 1. The molecule has 1 aliphatic rings. The van der Waals surface area contributed by atoms with E-state index < -0.39 is 10.0 Å². The molecule has 9 heteroatoms. The van der Waals surface area contributed by atoms with Gasteiger partial charge in [0.25, 0.3) is 10.0 Å². The summed E-state index contributed by atoms with van der Waals surface area (Å²) in [6.45, 7) is 3.97.